The third kappa shape index (κ3) is 2.27. The standard InChI is InChI=1S/C9H9NO2/c1-7(11)10-8-3-5-9(12-2)6-4-8/h2-6H,1H3,(H,10,11). The van der Waals surface area contributed by atoms with Crippen LogP contribution in [0, 0.1) is 7.11 Å². The lowest BCUT2D eigenvalue weighted by molar-refractivity contribution is -0.114. The van der Waals surface area contributed by atoms with Crippen LogP contribution in [0.25, 0.3) is 0 Å². The number of benzene rings is 1. The second-order valence-corrected chi connectivity index (χ2v) is 2.32. The van der Waals surface area contributed by atoms with E-state index in [0.717, 1.165) is 5.69 Å². The van der Waals surface area contributed by atoms with Crippen molar-refractivity contribution in [3.8, 4) is 5.75 Å². The fraction of sp³-hybridized carbons (Fsp3) is 0.111. The molecule has 0 saturated heterocycles. The zero-order valence-corrected chi connectivity index (χ0v) is 6.70. The summed E-state index contributed by atoms with van der Waals surface area (Å²) in [5, 5.41) is 2.62. The van der Waals surface area contributed by atoms with Gasteiger partial charge in [0.05, 0.1) is 0 Å². The molecule has 0 aliphatic rings. The van der Waals surface area contributed by atoms with Gasteiger partial charge >= 0.3 is 0 Å². The van der Waals surface area contributed by atoms with Crippen molar-refractivity contribution in [2.45, 2.75) is 6.92 Å². The Morgan fingerprint density at radius 2 is 2.00 bits per heavy atom. The third-order valence-corrected chi connectivity index (χ3v) is 1.31. The van der Waals surface area contributed by atoms with Crippen LogP contribution in [0.2, 0.25) is 0 Å². The van der Waals surface area contributed by atoms with Crippen molar-refractivity contribution >= 4 is 11.6 Å². The number of hydrogen-bond acceptors (Lipinski definition) is 2. The van der Waals surface area contributed by atoms with Crippen molar-refractivity contribution in [2.24, 2.45) is 0 Å². The lowest BCUT2D eigenvalue weighted by Gasteiger charge is -2.02. The van der Waals surface area contributed by atoms with Crippen LogP contribution < -0.4 is 10.1 Å². The van der Waals surface area contributed by atoms with Gasteiger partial charge in [0, 0.05) is 12.6 Å². The molecule has 0 aliphatic heterocycles. The molecule has 2 radical (unpaired) electrons. The summed E-state index contributed by atoms with van der Waals surface area (Å²) in [6, 6.07) is 6.77. The minimum absolute atomic E-state index is 0.101. The van der Waals surface area contributed by atoms with Crippen molar-refractivity contribution in [1.29, 1.82) is 0 Å². The molecule has 0 unspecified atom stereocenters. The number of carbonyl (C=O) groups excluding carboxylic acids is 1. The van der Waals surface area contributed by atoms with E-state index in [4.69, 9.17) is 7.11 Å². The van der Waals surface area contributed by atoms with E-state index in [1.807, 2.05) is 0 Å². The van der Waals surface area contributed by atoms with Crippen molar-refractivity contribution in [2.75, 3.05) is 5.32 Å². The summed E-state index contributed by atoms with van der Waals surface area (Å²) in [4.78, 5) is 10.6. The molecule has 1 aromatic rings. The van der Waals surface area contributed by atoms with Crippen LogP contribution in [0.4, 0.5) is 5.69 Å². The number of amides is 1. The molecule has 0 spiro atoms. The summed E-state index contributed by atoms with van der Waals surface area (Å²) in [5.41, 5.74) is 0.725. The van der Waals surface area contributed by atoms with E-state index in [-0.39, 0.29) is 5.91 Å². The highest BCUT2D eigenvalue weighted by molar-refractivity contribution is 5.88. The molecule has 1 N–H and O–H groups in total. The summed E-state index contributed by atoms with van der Waals surface area (Å²) in [6.45, 7) is 1.45. The van der Waals surface area contributed by atoms with Crippen LogP contribution >= 0.6 is 0 Å². The summed E-state index contributed by atoms with van der Waals surface area (Å²) in [6.07, 6.45) is 0. The van der Waals surface area contributed by atoms with Gasteiger partial charge in [-0.3, -0.25) is 4.79 Å². The molecule has 1 amide bonds. The molecular weight excluding hydrogens is 154 g/mol. The zero-order chi connectivity index (χ0) is 8.97. The van der Waals surface area contributed by atoms with Gasteiger partial charge in [-0.1, -0.05) is 0 Å². The Bertz CT molecular complexity index is 266. The average Bonchev–Trinajstić information content (AvgIpc) is 2.05. The van der Waals surface area contributed by atoms with Crippen LogP contribution in [-0.4, -0.2) is 5.91 Å². The van der Waals surface area contributed by atoms with Crippen LogP contribution in [0.15, 0.2) is 24.3 Å². The first-order valence-electron chi connectivity index (χ1n) is 3.47. The number of carbonyl (C=O) groups is 1. The number of rotatable bonds is 2. The molecule has 0 bridgehead atoms. The summed E-state index contributed by atoms with van der Waals surface area (Å²) >= 11 is 0. The first-order valence-corrected chi connectivity index (χ1v) is 3.47. The first kappa shape index (κ1) is 8.59. The maximum absolute atomic E-state index is 10.6. The molecule has 0 aliphatic carbocycles. The largest absolute Gasteiger partial charge is 0.482 e. The minimum atomic E-state index is -0.101. The first-order chi connectivity index (χ1) is 5.72. The average molecular weight is 163 g/mol. The van der Waals surface area contributed by atoms with Gasteiger partial charge in [0.15, 0.2) is 7.11 Å². The summed E-state index contributed by atoms with van der Waals surface area (Å²) in [5.74, 6) is 0.459. The number of nitrogens with one attached hydrogen (secondary N) is 1. The predicted octanol–water partition coefficient (Wildman–Crippen LogP) is 1.69. The molecule has 0 saturated carbocycles. The molecule has 0 heterocycles. The highest BCUT2D eigenvalue weighted by Gasteiger charge is 1.94. The van der Waals surface area contributed by atoms with Crippen molar-refractivity contribution in [3.63, 3.8) is 0 Å². The van der Waals surface area contributed by atoms with Crippen LogP contribution in [0.3, 0.4) is 0 Å². The van der Waals surface area contributed by atoms with Gasteiger partial charge in [-0.15, -0.1) is 0 Å². The van der Waals surface area contributed by atoms with Crippen molar-refractivity contribution in [3.05, 3.63) is 31.4 Å². The third-order valence-electron chi connectivity index (χ3n) is 1.31. The van der Waals surface area contributed by atoms with Crippen LogP contribution in [0.1, 0.15) is 6.92 Å². The maximum Gasteiger partial charge on any atom is 0.221 e. The monoisotopic (exact) mass is 163 g/mol. The van der Waals surface area contributed by atoms with Crippen molar-refractivity contribution in [1.82, 2.24) is 0 Å². The van der Waals surface area contributed by atoms with Gasteiger partial charge in [0.25, 0.3) is 0 Å². The van der Waals surface area contributed by atoms with E-state index in [0.29, 0.717) is 5.75 Å². The van der Waals surface area contributed by atoms with E-state index < -0.39 is 0 Å². The molecule has 12 heavy (non-hydrogen) atoms. The Morgan fingerprint density at radius 3 is 2.42 bits per heavy atom. The van der Waals surface area contributed by atoms with Gasteiger partial charge in [-0.25, -0.2) is 0 Å². The molecule has 62 valence electrons. The smallest absolute Gasteiger partial charge is 0.221 e. The highest BCUT2D eigenvalue weighted by Crippen LogP contribution is 2.14. The zero-order valence-electron chi connectivity index (χ0n) is 6.70. The number of hydrogen-bond donors (Lipinski definition) is 1. The van der Waals surface area contributed by atoms with E-state index in [1.165, 1.54) is 6.92 Å². The molecular formula is C9H9NO2. The second-order valence-electron chi connectivity index (χ2n) is 2.32. The summed E-state index contributed by atoms with van der Waals surface area (Å²) < 4.78 is 4.46. The molecule has 1 rings (SSSR count). The quantitative estimate of drug-likeness (QED) is 0.720. The van der Waals surface area contributed by atoms with Crippen molar-refractivity contribution < 1.29 is 9.53 Å². The lowest BCUT2D eigenvalue weighted by Crippen LogP contribution is -2.05. The number of anilines is 1. The topological polar surface area (TPSA) is 38.3 Å². The lowest BCUT2D eigenvalue weighted by atomic mass is 10.3. The maximum atomic E-state index is 10.6. The van der Waals surface area contributed by atoms with Gasteiger partial charge in [-0.05, 0) is 24.3 Å². The predicted molar refractivity (Wildman–Crippen MR) is 45.7 cm³/mol. The minimum Gasteiger partial charge on any atom is -0.482 e. The summed E-state index contributed by atoms with van der Waals surface area (Å²) in [7, 11) is 4.91. The van der Waals surface area contributed by atoms with Gasteiger partial charge in [0.2, 0.25) is 5.91 Å². The van der Waals surface area contributed by atoms with Crippen LogP contribution in [-0.2, 0) is 4.79 Å². The molecule has 3 nitrogen and oxygen atoms in total. The Morgan fingerprint density at radius 1 is 1.42 bits per heavy atom. The normalized spacial score (nSPS) is 9.17. The second kappa shape index (κ2) is 3.76. The molecule has 0 atom stereocenters. The molecule has 3 heteroatoms. The van der Waals surface area contributed by atoms with Gasteiger partial charge in [0.1, 0.15) is 5.75 Å². The fourth-order valence-electron chi connectivity index (χ4n) is 0.820. The van der Waals surface area contributed by atoms with Crippen LogP contribution in [0.5, 0.6) is 5.75 Å². The van der Waals surface area contributed by atoms with Gasteiger partial charge in [-0.2, -0.15) is 0 Å². The Hall–Kier alpha value is -1.51. The van der Waals surface area contributed by atoms with E-state index in [2.05, 4.69) is 10.1 Å². The van der Waals surface area contributed by atoms with E-state index >= 15 is 0 Å². The van der Waals surface area contributed by atoms with Gasteiger partial charge < -0.3 is 10.1 Å². The molecule has 0 fully saturated rings. The van der Waals surface area contributed by atoms with E-state index in [1.54, 1.807) is 24.3 Å². The Balaban J connectivity index is 2.71. The number of ether oxygens (including phenoxy) is 1. The highest BCUT2D eigenvalue weighted by atomic mass is 16.5. The Kier molecular flexibility index (Phi) is 2.69. The fourth-order valence-corrected chi connectivity index (χ4v) is 0.820. The van der Waals surface area contributed by atoms with E-state index in [9.17, 15) is 4.79 Å². The SMILES string of the molecule is [CH]Oc1ccc(NC(C)=O)cc1. The molecule has 0 aromatic heterocycles. The Labute approximate surface area is 71.4 Å². The molecule has 1 aromatic carbocycles.